The molecule has 0 atom stereocenters. The van der Waals surface area contributed by atoms with Crippen LogP contribution < -0.4 is 15.4 Å². The second kappa shape index (κ2) is 10.1. The van der Waals surface area contributed by atoms with Gasteiger partial charge in [0, 0.05) is 31.2 Å². The fourth-order valence-corrected chi connectivity index (χ4v) is 2.28. The van der Waals surface area contributed by atoms with Gasteiger partial charge in [-0.1, -0.05) is 11.6 Å². The van der Waals surface area contributed by atoms with Crippen LogP contribution in [0.25, 0.3) is 0 Å². The first-order valence-corrected chi connectivity index (χ1v) is 8.23. The third-order valence-corrected chi connectivity index (χ3v) is 3.74. The summed E-state index contributed by atoms with van der Waals surface area (Å²) in [6.07, 6.45) is 0. The van der Waals surface area contributed by atoms with Gasteiger partial charge in [-0.05, 0) is 24.3 Å². The molecule has 0 bridgehead atoms. The van der Waals surface area contributed by atoms with Crippen LogP contribution >= 0.6 is 11.6 Å². The number of amides is 2. The van der Waals surface area contributed by atoms with Crippen molar-refractivity contribution in [3.05, 3.63) is 29.3 Å². The Hall–Kier alpha value is -1.83. The quantitative estimate of drug-likeness (QED) is 0.700. The smallest absolute Gasteiger partial charge is 0.258 e. The molecule has 1 aliphatic heterocycles. The molecule has 1 aromatic carbocycles. The SMILES string of the molecule is O=C(CNC(=O)COc1ccc(Cl)cc1)NCCN1CCOCC1. The largest absolute Gasteiger partial charge is 0.484 e. The maximum absolute atomic E-state index is 11.7. The van der Waals surface area contributed by atoms with Gasteiger partial charge in [-0.2, -0.15) is 0 Å². The number of halogens is 1. The first-order chi connectivity index (χ1) is 11.6. The Kier molecular flexibility index (Phi) is 7.81. The highest BCUT2D eigenvalue weighted by Gasteiger charge is 2.10. The van der Waals surface area contributed by atoms with Crippen LogP contribution in [0.15, 0.2) is 24.3 Å². The normalized spacial score (nSPS) is 14.9. The van der Waals surface area contributed by atoms with Crippen molar-refractivity contribution in [2.75, 3.05) is 52.5 Å². The lowest BCUT2D eigenvalue weighted by Gasteiger charge is -2.26. The zero-order valence-electron chi connectivity index (χ0n) is 13.4. The third kappa shape index (κ3) is 7.16. The van der Waals surface area contributed by atoms with E-state index >= 15 is 0 Å². The van der Waals surface area contributed by atoms with Crippen molar-refractivity contribution in [3.63, 3.8) is 0 Å². The standard InChI is InChI=1S/C16H22ClN3O4/c17-13-1-3-14(4-2-13)24-12-16(22)19-11-15(21)18-5-6-20-7-9-23-10-8-20/h1-4H,5-12H2,(H,18,21)(H,19,22). The maximum Gasteiger partial charge on any atom is 0.258 e. The molecule has 8 heteroatoms. The second-order valence-electron chi connectivity index (χ2n) is 5.32. The molecule has 0 aliphatic carbocycles. The zero-order valence-corrected chi connectivity index (χ0v) is 14.2. The van der Waals surface area contributed by atoms with Crippen molar-refractivity contribution >= 4 is 23.4 Å². The van der Waals surface area contributed by atoms with Crippen LogP contribution in [0.3, 0.4) is 0 Å². The highest BCUT2D eigenvalue weighted by molar-refractivity contribution is 6.30. The fourth-order valence-electron chi connectivity index (χ4n) is 2.15. The van der Waals surface area contributed by atoms with E-state index in [1.807, 2.05) is 0 Å². The molecule has 2 N–H and O–H groups in total. The molecule has 0 unspecified atom stereocenters. The van der Waals surface area contributed by atoms with Crippen LogP contribution in [0.1, 0.15) is 0 Å². The maximum atomic E-state index is 11.7. The van der Waals surface area contributed by atoms with E-state index in [2.05, 4.69) is 15.5 Å². The molecule has 1 fully saturated rings. The van der Waals surface area contributed by atoms with Gasteiger partial charge in [-0.15, -0.1) is 0 Å². The van der Waals surface area contributed by atoms with E-state index in [0.717, 1.165) is 32.8 Å². The predicted molar refractivity (Wildman–Crippen MR) is 90.2 cm³/mol. The number of benzene rings is 1. The summed E-state index contributed by atoms with van der Waals surface area (Å²) in [5.41, 5.74) is 0. The molecule has 1 saturated heterocycles. The topological polar surface area (TPSA) is 79.9 Å². The fraction of sp³-hybridized carbons (Fsp3) is 0.500. The summed E-state index contributed by atoms with van der Waals surface area (Å²) in [4.78, 5) is 25.5. The molecule has 2 rings (SSSR count). The van der Waals surface area contributed by atoms with Gasteiger partial charge in [0.25, 0.3) is 5.91 Å². The monoisotopic (exact) mass is 355 g/mol. The number of nitrogens with zero attached hydrogens (tertiary/aromatic N) is 1. The van der Waals surface area contributed by atoms with Gasteiger partial charge in [0.2, 0.25) is 5.91 Å². The van der Waals surface area contributed by atoms with Crippen molar-refractivity contribution in [1.82, 2.24) is 15.5 Å². The minimum absolute atomic E-state index is 0.0636. The Labute approximate surface area is 146 Å². The number of carbonyl (C=O) groups excluding carboxylic acids is 2. The molecule has 24 heavy (non-hydrogen) atoms. The van der Waals surface area contributed by atoms with Gasteiger partial charge < -0.3 is 20.1 Å². The van der Waals surface area contributed by atoms with Gasteiger partial charge in [0.15, 0.2) is 6.61 Å². The van der Waals surface area contributed by atoms with Crippen LogP contribution in [-0.4, -0.2) is 69.3 Å². The zero-order chi connectivity index (χ0) is 17.2. The molecule has 1 aromatic rings. The molecule has 7 nitrogen and oxygen atoms in total. The number of ether oxygens (including phenoxy) is 2. The third-order valence-electron chi connectivity index (χ3n) is 3.48. The summed E-state index contributed by atoms with van der Waals surface area (Å²) >= 11 is 5.76. The summed E-state index contributed by atoms with van der Waals surface area (Å²) in [5, 5.41) is 5.89. The van der Waals surface area contributed by atoms with Crippen LogP contribution in [0.2, 0.25) is 5.02 Å². The number of morpholine rings is 1. The number of carbonyl (C=O) groups is 2. The molecule has 1 heterocycles. The molecular weight excluding hydrogens is 334 g/mol. The van der Waals surface area contributed by atoms with Crippen LogP contribution in [0, 0.1) is 0 Å². The summed E-state index contributed by atoms with van der Waals surface area (Å²) in [7, 11) is 0. The van der Waals surface area contributed by atoms with Crippen molar-refractivity contribution in [2.24, 2.45) is 0 Å². The lowest BCUT2D eigenvalue weighted by Crippen LogP contribution is -2.44. The Morgan fingerprint density at radius 3 is 2.54 bits per heavy atom. The van der Waals surface area contributed by atoms with Crippen molar-refractivity contribution in [3.8, 4) is 5.75 Å². The minimum Gasteiger partial charge on any atom is -0.484 e. The lowest BCUT2D eigenvalue weighted by molar-refractivity contribution is -0.127. The Bertz CT molecular complexity index is 533. The van der Waals surface area contributed by atoms with E-state index in [4.69, 9.17) is 21.1 Å². The summed E-state index contributed by atoms with van der Waals surface area (Å²) in [6.45, 7) is 4.35. The summed E-state index contributed by atoms with van der Waals surface area (Å²) < 4.78 is 10.6. The summed E-state index contributed by atoms with van der Waals surface area (Å²) in [5.74, 6) is -0.0269. The van der Waals surface area contributed by atoms with Crippen molar-refractivity contribution in [2.45, 2.75) is 0 Å². The average molecular weight is 356 g/mol. The number of hydrogen-bond acceptors (Lipinski definition) is 5. The second-order valence-corrected chi connectivity index (χ2v) is 5.76. The molecule has 0 radical (unpaired) electrons. The number of hydrogen-bond donors (Lipinski definition) is 2. The predicted octanol–water partition coefficient (Wildman–Crippen LogP) is 0.283. The first kappa shape index (κ1) is 18.5. The Morgan fingerprint density at radius 1 is 1.12 bits per heavy atom. The number of rotatable bonds is 8. The van der Waals surface area contributed by atoms with Crippen LogP contribution in [0.4, 0.5) is 0 Å². The van der Waals surface area contributed by atoms with Gasteiger partial charge in [-0.3, -0.25) is 14.5 Å². The highest BCUT2D eigenvalue weighted by atomic mass is 35.5. The van der Waals surface area contributed by atoms with Gasteiger partial charge in [0.05, 0.1) is 19.8 Å². The van der Waals surface area contributed by atoms with E-state index in [1.165, 1.54) is 0 Å². The molecule has 0 aromatic heterocycles. The lowest BCUT2D eigenvalue weighted by atomic mass is 10.3. The van der Waals surface area contributed by atoms with E-state index in [1.54, 1.807) is 24.3 Å². The molecule has 2 amide bonds. The van der Waals surface area contributed by atoms with Gasteiger partial charge in [0.1, 0.15) is 5.75 Å². The van der Waals surface area contributed by atoms with E-state index in [0.29, 0.717) is 17.3 Å². The molecular formula is C16H22ClN3O4. The van der Waals surface area contributed by atoms with Crippen LogP contribution in [0.5, 0.6) is 5.75 Å². The summed E-state index contributed by atoms with van der Waals surface area (Å²) in [6, 6.07) is 6.70. The van der Waals surface area contributed by atoms with Crippen molar-refractivity contribution < 1.29 is 19.1 Å². The van der Waals surface area contributed by atoms with E-state index in [-0.39, 0.29) is 25.0 Å². The van der Waals surface area contributed by atoms with E-state index < -0.39 is 0 Å². The average Bonchev–Trinajstić information content (AvgIpc) is 2.60. The van der Waals surface area contributed by atoms with Gasteiger partial charge >= 0.3 is 0 Å². The molecule has 1 aliphatic rings. The first-order valence-electron chi connectivity index (χ1n) is 7.85. The Balaban J connectivity index is 1.53. The minimum atomic E-state index is -0.353. The van der Waals surface area contributed by atoms with Crippen LogP contribution in [-0.2, 0) is 14.3 Å². The van der Waals surface area contributed by atoms with E-state index in [9.17, 15) is 9.59 Å². The molecule has 0 spiro atoms. The molecule has 0 saturated carbocycles. The Morgan fingerprint density at radius 2 is 1.83 bits per heavy atom. The highest BCUT2D eigenvalue weighted by Crippen LogP contribution is 2.15. The molecule has 132 valence electrons. The van der Waals surface area contributed by atoms with Gasteiger partial charge in [-0.25, -0.2) is 0 Å². The van der Waals surface area contributed by atoms with Crippen molar-refractivity contribution in [1.29, 1.82) is 0 Å². The number of nitrogens with one attached hydrogen (secondary N) is 2.